The maximum atomic E-state index is 12.6. The molecule has 1 fully saturated rings. The number of anilines is 3. The normalized spacial score (nSPS) is 13.9. The molecule has 2 aromatic carbocycles. The van der Waals surface area contributed by atoms with Crippen molar-refractivity contribution in [2.75, 3.05) is 22.5 Å². The van der Waals surface area contributed by atoms with Crippen LogP contribution in [-0.2, 0) is 9.59 Å². The maximum absolute atomic E-state index is 12.6. The van der Waals surface area contributed by atoms with Crippen LogP contribution in [0.5, 0.6) is 0 Å². The van der Waals surface area contributed by atoms with Gasteiger partial charge in [0.2, 0.25) is 11.8 Å². The van der Waals surface area contributed by atoms with E-state index in [1.165, 1.54) is 13.3 Å². The van der Waals surface area contributed by atoms with Crippen LogP contribution in [0.4, 0.5) is 17.1 Å². The summed E-state index contributed by atoms with van der Waals surface area (Å²) in [5, 5.41) is 11.9. The van der Waals surface area contributed by atoms with Gasteiger partial charge in [-0.3, -0.25) is 14.4 Å². The minimum absolute atomic E-state index is 0.00960. The Balaban J connectivity index is 1.56. The lowest BCUT2D eigenvalue weighted by Gasteiger charge is -2.23. The van der Waals surface area contributed by atoms with Crippen molar-refractivity contribution in [3.63, 3.8) is 0 Å². The number of rotatable bonds is 7. The standard InChI is InChI=1S/C23H27ClN4O3/c1-15(29)26-18-8-5-9-19(12-18)27-22(30)14-25-17-10-11-21(24)20(13-17)23(31)28-16-6-3-2-4-7-16/h5,8-13,16,25H,2-4,6-7,14H2,1H3,(H,26,29)(H,27,30)(H,28,31). The van der Waals surface area contributed by atoms with Crippen LogP contribution < -0.4 is 21.3 Å². The second kappa shape index (κ2) is 10.8. The monoisotopic (exact) mass is 442 g/mol. The Morgan fingerprint density at radius 3 is 2.35 bits per heavy atom. The molecule has 2 aromatic rings. The summed E-state index contributed by atoms with van der Waals surface area (Å²) in [6.45, 7) is 1.43. The number of amides is 3. The highest BCUT2D eigenvalue weighted by atomic mass is 35.5. The van der Waals surface area contributed by atoms with Gasteiger partial charge in [0.25, 0.3) is 5.91 Å². The second-order valence-electron chi connectivity index (χ2n) is 7.67. The van der Waals surface area contributed by atoms with Gasteiger partial charge < -0.3 is 21.3 Å². The number of hydrogen-bond donors (Lipinski definition) is 4. The van der Waals surface area contributed by atoms with Gasteiger partial charge in [0.05, 0.1) is 17.1 Å². The van der Waals surface area contributed by atoms with Crippen molar-refractivity contribution in [2.24, 2.45) is 0 Å². The van der Waals surface area contributed by atoms with Crippen molar-refractivity contribution in [3.8, 4) is 0 Å². The van der Waals surface area contributed by atoms with Crippen LogP contribution in [0.15, 0.2) is 42.5 Å². The molecule has 0 spiro atoms. The molecular weight excluding hydrogens is 416 g/mol. The van der Waals surface area contributed by atoms with Crippen molar-refractivity contribution in [1.82, 2.24) is 5.32 Å². The first-order valence-corrected chi connectivity index (χ1v) is 10.8. The van der Waals surface area contributed by atoms with E-state index in [1.54, 1.807) is 42.5 Å². The predicted octanol–water partition coefficient (Wildman–Crippen LogP) is 4.41. The lowest BCUT2D eigenvalue weighted by atomic mass is 9.95. The fourth-order valence-corrected chi connectivity index (χ4v) is 3.79. The minimum atomic E-state index is -0.261. The van der Waals surface area contributed by atoms with Gasteiger partial charge in [-0.05, 0) is 49.2 Å². The molecule has 0 radical (unpaired) electrons. The van der Waals surface area contributed by atoms with E-state index in [0.29, 0.717) is 27.6 Å². The van der Waals surface area contributed by atoms with Crippen molar-refractivity contribution in [3.05, 3.63) is 53.1 Å². The van der Waals surface area contributed by atoms with Crippen LogP contribution in [0.25, 0.3) is 0 Å². The third-order valence-electron chi connectivity index (χ3n) is 5.07. The largest absolute Gasteiger partial charge is 0.376 e. The summed E-state index contributed by atoms with van der Waals surface area (Å²) in [6, 6.07) is 12.1. The van der Waals surface area contributed by atoms with Gasteiger partial charge in [-0.15, -0.1) is 0 Å². The van der Waals surface area contributed by atoms with E-state index < -0.39 is 0 Å². The van der Waals surface area contributed by atoms with Crippen LogP contribution in [0, 0.1) is 0 Å². The van der Waals surface area contributed by atoms with E-state index in [0.717, 1.165) is 25.7 Å². The van der Waals surface area contributed by atoms with Gasteiger partial charge in [-0.25, -0.2) is 0 Å². The van der Waals surface area contributed by atoms with E-state index in [2.05, 4.69) is 21.3 Å². The van der Waals surface area contributed by atoms with Gasteiger partial charge >= 0.3 is 0 Å². The predicted molar refractivity (Wildman–Crippen MR) is 124 cm³/mol. The zero-order valence-electron chi connectivity index (χ0n) is 17.5. The van der Waals surface area contributed by atoms with Crippen LogP contribution in [0.1, 0.15) is 49.4 Å². The minimum Gasteiger partial charge on any atom is -0.376 e. The van der Waals surface area contributed by atoms with E-state index >= 15 is 0 Å². The van der Waals surface area contributed by atoms with Gasteiger partial charge in [0.1, 0.15) is 0 Å². The highest BCUT2D eigenvalue weighted by Crippen LogP contribution is 2.23. The Kier molecular flexibility index (Phi) is 7.89. The highest BCUT2D eigenvalue weighted by Gasteiger charge is 2.18. The first-order chi connectivity index (χ1) is 14.9. The quantitative estimate of drug-likeness (QED) is 0.510. The lowest BCUT2D eigenvalue weighted by molar-refractivity contribution is -0.115. The van der Waals surface area contributed by atoms with Crippen molar-refractivity contribution < 1.29 is 14.4 Å². The van der Waals surface area contributed by atoms with Crippen molar-refractivity contribution in [2.45, 2.75) is 45.1 Å². The highest BCUT2D eigenvalue weighted by molar-refractivity contribution is 6.34. The van der Waals surface area contributed by atoms with Crippen molar-refractivity contribution in [1.29, 1.82) is 0 Å². The van der Waals surface area contributed by atoms with Gasteiger partial charge in [0.15, 0.2) is 0 Å². The van der Waals surface area contributed by atoms with E-state index in [9.17, 15) is 14.4 Å². The number of benzene rings is 2. The summed E-state index contributed by atoms with van der Waals surface area (Å²) in [5.41, 5.74) is 2.19. The topological polar surface area (TPSA) is 99.3 Å². The molecular formula is C23H27ClN4O3. The van der Waals surface area contributed by atoms with E-state index in [1.807, 2.05) is 0 Å². The van der Waals surface area contributed by atoms with Gasteiger partial charge in [0, 0.05) is 30.0 Å². The molecule has 31 heavy (non-hydrogen) atoms. The Hall–Kier alpha value is -3.06. The molecule has 0 aliphatic heterocycles. The SMILES string of the molecule is CC(=O)Nc1cccc(NC(=O)CNc2ccc(Cl)c(C(=O)NC3CCCCC3)c2)c1. The molecule has 3 rings (SSSR count). The lowest BCUT2D eigenvalue weighted by Crippen LogP contribution is -2.36. The first-order valence-electron chi connectivity index (χ1n) is 10.4. The molecule has 164 valence electrons. The molecule has 0 bridgehead atoms. The van der Waals surface area contributed by atoms with Crippen LogP contribution in [0.2, 0.25) is 5.02 Å². The zero-order valence-corrected chi connectivity index (χ0v) is 18.2. The van der Waals surface area contributed by atoms with Crippen molar-refractivity contribution >= 4 is 46.4 Å². The summed E-state index contributed by atoms with van der Waals surface area (Å²) in [4.78, 5) is 36.1. The number of nitrogens with one attached hydrogen (secondary N) is 4. The van der Waals surface area contributed by atoms with E-state index in [-0.39, 0.29) is 30.3 Å². The molecule has 4 N–H and O–H groups in total. The smallest absolute Gasteiger partial charge is 0.253 e. The molecule has 0 aromatic heterocycles. The van der Waals surface area contributed by atoms with Crippen LogP contribution >= 0.6 is 11.6 Å². The molecule has 7 nitrogen and oxygen atoms in total. The maximum Gasteiger partial charge on any atom is 0.253 e. The number of halogens is 1. The number of carbonyl (C=O) groups is 3. The molecule has 1 aliphatic rings. The molecule has 8 heteroatoms. The number of carbonyl (C=O) groups excluding carboxylic acids is 3. The molecule has 0 saturated heterocycles. The molecule has 3 amide bonds. The average Bonchev–Trinajstić information content (AvgIpc) is 2.73. The summed E-state index contributed by atoms with van der Waals surface area (Å²) >= 11 is 6.23. The summed E-state index contributed by atoms with van der Waals surface area (Å²) in [7, 11) is 0. The summed E-state index contributed by atoms with van der Waals surface area (Å²) in [5.74, 6) is -0.640. The summed E-state index contributed by atoms with van der Waals surface area (Å²) in [6.07, 6.45) is 5.45. The fraction of sp³-hybridized carbons (Fsp3) is 0.348. The summed E-state index contributed by atoms with van der Waals surface area (Å²) < 4.78 is 0. The Morgan fingerprint density at radius 2 is 1.65 bits per heavy atom. The molecule has 0 heterocycles. The molecule has 0 unspecified atom stereocenters. The van der Waals surface area contributed by atoms with Gasteiger partial charge in [-0.2, -0.15) is 0 Å². The Bertz CT molecular complexity index is 958. The molecule has 1 aliphatic carbocycles. The average molecular weight is 443 g/mol. The van der Waals surface area contributed by atoms with Crippen LogP contribution in [-0.4, -0.2) is 30.3 Å². The Morgan fingerprint density at radius 1 is 0.935 bits per heavy atom. The van der Waals surface area contributed by atoms with Gasteiger partial charge in [-0.1, -0.05) is 36.9 Å². The van der Waals surface area contributed by atoms with Crippen LogP contribution in [0.3, 0.4) is 0 Å². The third kappa shape index (κ3) is 7.00. The van der Waals surface area contributed by atoms with E-state index in [4.69, 9.17) is 11.6 Å². The first kappa shape index (κ1) is 22.6. The fourth-order valence-electron chi connectivity index (χ4n) is 3.58. The zero-order chi connectivity index (χ0) is 22.2. The Labute approximate surface area is 186 Å². The molecule has 1 saturated carbocycles. The number of hydrogen-bond acceptors (Lipinski definition) is 4. The second-order valence-corrected chi connectivity index (χ2v) is 8.07. The molecule has 0 atom stereocenters. The third-order valence-corrected chi connectivity index (χ3v) is 5.40.